The molecule has 0 spiro atoms. The van der Waals surface area contributed by atoms with Crippen molar-refractivity contribution in [3.8, 4) is 11.5 Å². The molecule has 9 heteroatoms. The molecule has 216 valence electrons. The molecule has 4 rings (SSSR count). The molecule has 0 aliphatic carbocycles. The number of unbranched alkanes of at least 4 members (excludes halogenated alkanes) is 2. The molecule has 0 unspecified atom stereocenters. The van der Waals surface area contributed by atoms with Crippen LogP contribution in [0.2, 0.25) is 0 Å². The van der Waals surface area contributed by atoms with Gasteiger partial charge in [-0.2, -0.15) is 0 Å². The summed E-state index contributed by atoms with van der Waals surface area (Å²) in [4.78, 5) is 45.6. The molecule has 3 aliphatic rings. The van der Waals surface area contributed by atoms with Gasteiger partial charge in [-0.05, 0) is 50.3 Å². The lowest BCUT2D eigenvalue weighted by molar-refractivity contribution is -0.150. The van der Waals surface area contributed by atoms with Crippen molar-refractivity contribution < 1.29 is 28.6 Å². The van der Waals surface area contributed by atoms with E-state index in [1.54, 1.807) is 0 Å². The topological polar surface area (TPSA) is 88.6 Å². The third-order valence-corrected chi connectivity index (χ3v) is 8.25. The molecule has 2 saturated heterocycles. The Hall–Kier alpha value is -2.81. The summed E-state index contributed by atoms with van der Waals surface area (Å²) < 4.78 is 16.7. The lowest BCUT2D eigenvalue weighted by atomic mass is 9.84. The Bertz CT molecular complexity index is 993. The van der Waals surface area contributed by atoms with Crippen molar-refractivity contribution in [3.05, 3.63) is 23.8 Å². The smallest absolute Gasteiger partial charge is 0.311 e. The molecule has 0 radical (unpaired) electrons. The first-order valence-electron chi connectivity index (χ1n) is 14.8. The number of esters is 1. The standard InChI is InChI=1S/C30H45N3O6/c1-4-7-14-31(15-8-5-2)28(35)20-33-19-23(22-11-12-25-26(18-22)39-21-38-25)29(30(36)37-6-3)24(33)13-17-32-16-9-10-27(32)34/h11-12,18,23-24,29H,4-10,13-17,19-21H2,1-3H3/t23-,24+,29-/m1/s1. The van der Waals surface area contributed by atoms with Crippen molar-refractivity contribution >= 4 is 17.8 Å². The molecule has 3 heterocycles. The monoisotopic (exact) mass is 543 g/mol. The zero-order chi connectivity index (χ0) is 27.8. The van der Waals surface area contributed by atoms with E-state index in [0.29, 0.717) is 44.0 Å². The number of carbonyl (C=O) groups excluding carboxylic acids is 3. The van der Waals surface area contributed by atoms with Gasteiger partial charge in [0.05, 0.1) is 19.1 Å². The first kappa shape index (κ1) is 29.2. The second kappa shape index (κ2) is 14.0. The molecule has 9 nitrogen and oxygen atoms in total. The van der Waals surface area contributed by atoms with Gasteiger partial charge in [-0.15, -0.1) is 0 Å². The maximum atomic E-state index is 13.6. The average molecular weight is 544 g/mol. The Morgan fingerprint density at radius 2 is 1.82 bits per heavy atom. The van der Waals surface area contributed by atoms with Crippen molar-refractivity contribution in [2.45, 2.75) is 77.7 Å². The molecule has 0 bridgehead atoms. The Labute approximate surface area is 232 Å². The van der Waals surface area contributed by atoms with Gasteiger partial charge in [-0.25, -0.2) is 0 Å². The fourth-order valence-corrected chi connectivity index (χ4v) is 6.12. The molecule has 0 saturated carbocycles. The van der Waals surface area contributed by atoms with Crippen molar-refractivity contribution in [2.24, 2.45) is 5.92 Å². The Morgan fingerprint density at radius 1 is 1.08 bits per heavy atom. The summed E-state index contributed by atoms with van der Waals surface area (Å²) in [5.74, 6) is 0.786. The predicted molar refractivity (Wildman–Crippen MR) is 148 cm³/mol. The number of carbonyl (C=O) groups is 3. The highest BCUT2D eigenvalue weighted by Gasteiger charge is 2.48. The second-order valence-corrected chi connectivity index (χ2v) is 10.9. The van der Waals surface area contributed by atoms with E-state index in [0.717, 1.165) is 57.3 Å². The summed E-state index contributed by atoms with van der Waals surface area (Å²) >= 11 is 0. The number of fused-ring (bicyclic) bond motifs is 1. The Morgan fingerprint density at radius 3 is 2.49 bits per heavy atom. The van der Waals surface area contributed by atoms with Gasteiger partial charge in [0.1, 0.15) is 0 Å². The fraction of sp³-hybridized carbons (Fsp3) is 0.700. The van der Waals surface area contributed by atoms with Gasteiger partial charge >= 0.3 is 5.97 Å². The highest BCUT2D eigenvalue weighted by Crippen LogP contribution is 2.43. The Kier molecular flexibility index (Phi) is 10.5. The van der Waals surface area contributed by atoms with Crippen LogP contribution >= 0.6 is 0 Å². The van der Waals surface area contributed by atoms with Gasteiger partial charge in [0.25, 0.3) is 0 Å². The highest BCUT2D eigenvalue weighted by atomic mass is 16.7. The number of likely N-dealkylation sites (tertiary alicyclic amines) is 2. The number of rotatable bonds is 14. The van der Waals surface area contributed by atoms with Crippen molar-refractivity contribution in [2.75, 3.05) is 52.7 Å². The van der Waals surface area contributed by atoms with E-state index in [1.165, 1.54) is 0 Å². The molecular weight excluding hydrogens is 498 g/mol. The summed E-state index contributed by atoms with van der Waals surface area (Å²) in [6.45, 7) is 10.2. The van der Waals surface area contributed by atoms with Crippen LogP contribution in [-0.2, 0) is 19.1 Å². The van der Waals surface area contributed by atoms with Gasteiger partial charge in [-0.1, -0.05) is 32.8 Å². The number of amides is 2. The first-order valence-corrected chi connectivity index (χ1v) is 14.8. The quantitative estimate of drug-likeness (QED) is 0.330. The van der Waals surface area contributed by atoms with E-state index >= 15 is 0 Å². The van der Waals surface area contributed by atoms with E-state index in [1.807, 2.05) is 34.9 Å². The van der Waals surface area contributed by atoms with Crippen LogP contribution in [0.15, 0.2) is 18.2 Å². The average Bonchev–Trinajstić information content (AvgIpc) is 3.65. The first-order chi connectivity index (χ1) is 19.0. The lowest BCUT2D eigenvalue weighted by Gasteiger charge is -2.31. The maximum absolute atomic E-state index is 13.6. The second-order valence-electron chi connectivity index (χ2n) is 10.9. The van der Waals surface area contributed by atoms with Crippen molar-refractivity contribution in [1.29, 1.82) is 0 Å². The van der Waals surface area contributed by atoms with Gasteiger partial charge in [0, 0.05) is 51.1 Å². The number of benzene rings is 1. The molecule has 2 fully saturated rings. The fourth-order valence-electron chi connectivity index (χ4n) is 6.12. The van der Waals surface area contributed by atoms with Crippen LogP contribution in [0.4, 0.5) is 0 Å². The molecule has 3 aliphatic heterocycles. The predicted octanol–water partition coefficient (Wildman–Crippen LogP) is 3.80. The van der Waals surface area contributed by atoms with Crippen molar-refractivity contribution in [3.63, 3.8) is 0 Å². The zero-order valence-corrected chi connectivity index (χ0v) is 23.9. The van der Waals surface area contributed by atoms with Crippen LogP contribution in [0.5, 0.6) is 11.5 Å². The third kappa shape index (κ3) is 7.04. The van der Waals surface area contributed by atoms with Crippen LogP contribution in [0.25, 0.3) is 0 Å². The number of ether oxygens (including phenoxy) is 3. The summed E-state index contributed by atoms with van der Waals surface area (Å²) in [7, 11) is 0. The van der Waals surface area contributed by atoms with E-state index < -0.39 is 5.92 Å². The van der Waals surface area contributed by atoms with E-state index in [9.17, 15) is 14.4 Å². The lowest BCUT2D eigenvalue weighted by Crippen LogP contribution is -2.46. The SMILES string of the molecule is CCCCN(CCCC)C(=O)CN1C[C@H](c2ccc3c(c2)OCO3)[C@@H](C(=O)OCC)[C@@H]1CCN1CCCC1=O. The molecule has 2 amide bonds. The minimum atomic E-state index is -0.449. The molecule has 0 aromatic heterocycles. The summed E-state index contributed by atoms with van der Waals surface area (Å²) in [6, 6.07) is 5.63. The van der Waals surface area contributed by atoms with E-state index in [2.05, 4.69) is 18.7 Å². The minimum absolute atomic E-state index is 0.105. The molecule has 3 atom stereocenters. The van der Waals surface area contributed by atoms with Crippen LogP contribution in [0, 0.1) is 5.92 Å². The summed E-state index contributed by atoms with van der Waals surface area (Å²) in [5.41, 5.74) is 0.975. The van der Waals surface area contributed by atoms with Crippen LogP contribution in [0.1, 0.15) is 77.2 Å². The number of hydrogen-bond acceptors (Lipinski definition) is 7. The molecule has 1 aromatic carbocycles. The van der Waals surface area contributed by atoms with E-state index in [-0.39, 0.29) is 43.1 Å². The Balaban J connectivity index is 1.61. The maximum Gasteiger partial charge on any atom is 0.311 e. The van der Waals surface area contributed by atoms with Crippen LogP contribution in [0.3, 0.4) is 0 Å². The third-order valence-electron chi connectivity index (χ3n) is 8.25. The van der Waals surface area contributed by atoms with Crippen LogP contribution in [-0.4, -0.2) is 91.2 Å². The summed E-state index contributed by atoms with van der Waals surface area (Å²) in [6.07, 6.45) is 6.08. The molecule has 39 heavy (non-hydrogen) atoms. The zero-order valence-electron chi connectivity index (χ0n) is 23.9. The van der Waals surface area contributed by atoms with Gasteiger partial charge < -0.3 is 24.0 Å². The van der Waals surface area contributed by atoms with Crippen LogP contribution < -0.4 is 9.47 Å². The van der Waals surface area contributed by atoms with E-state index in [4.69, 9.17) is 14.2 Å². The number of nitrogens with zero attached hydrogens (tertiary/aromatic N) is 3. The minimum Gasteiger partial charge on any atom is -0.466 e. The normalized spacial score (nSPS) is 22.5. The highest BCUT2D eigenvalue weighted by molar-refractivity contribution is 5.80. The molecule has 0 N–H and O–H groups in total. The molecular formula is C30H45N3O6. The van der Waals surface area contributed by atoms with Gasteiger partial charge in [-0.3, -0.25) is 19.3 Å². The largest absolute Gasteiger partial charge is 0.466 e. The van der Waals surface area contributed by atoms with Gasteiger partial charge in [0.15, 0.2) is 11.5 Å². The van der Waals surface area contributed by atoms with Crippen molar-refractivity contribution in [1.82, 2.24) is 14.7 Å². The van der Waals surface area contributed by atoms with Gasteiger partial charge in [0.2, 0.25) is 18.6 Å². The number of hydrogen-bond donors (Lipinski definition) is 0. The molecule has 1 aromatic rings. The summed E-state index contributed by atoms with van der Waals surface area (Å²) in [5, 5.41) is 0.